The van der Waals surface area contributed by atoms with Gasteiger partial charge < -0.3 is 25.0 Å². The molecule has 0 bridgehead atoms. The second kappa shape index (κ2) is 8.87. The molecule has 2 saturated heterocycles. The molecule has 1 amide bonds. The Balaban J connectivity index is 1.53. The number of aromatic nitrogens is 4. The lowest BCUT2D eigenvalue weighted by molar-refractivity contribution is -0.138. The molecule has 0 unspecified atom stereocenters. The van der Waals surface area contributed by atoms with Gasteiger partial charge in [-0.05, 0) is 12.1 Å². The number of para-hydroxylation sites is 2. The van der Waals surface area contributed by atoms with Crippen LogP contribution in [0.2, 0.25) is 0 Å². The van der Waals surface area contributed by atoms with Crippen LogP contribution >= 0.6 is 0 Å². The van der Waals surface area contributed by atoms with E-state index in [2.05, 4.69) is 20.3 Å². The number of imidazole rings is 1. The van der Waals surface area contributed by atoms with E-state index in [1.54, 1.807) is 30.3 Å². The maximum Gasteiger partial charge on any atom is 0.296 e. The molecule has 0 radical (unpaired) electrons. The number of halogens is 2. The van der Waals surface area contributed by atoms with E-state index in [4.69, 9.17) is 9.84 Å². The minimum absolute atomic E-state index is 0.0742. The van der Waals surface area contributed by atoms with Gasteiger partial charge in [-0.3, -0.25) is 9.36 Å². The average Bonchev–Trinajstić information content (AvgIpc) is 3.21. The van der Waals surface area contributed by atoms with Crippen molar-refractivity contribution < 1.29 is 23.4 Å². The van der Waals surface area contributed by atoms with Crippen molar-refractivity contribution in [3.05, 3.63) is 36.2 Å². The van der Waals surface area contributed by atoms with E-state index in [-0.39, 0.29) is 17.8 Å². The standard InChI is InChI=1S/C21H23F2N7O3/c22-19(23)20-25-14-3-1-2-4-15(14)30(20)17-9-16(24-13-10-29(11-13)18(32)12-31)26-21(27-17)28-5-7-33-8-6-28/h1-4,9,13,19,31H,5-8,10-12H2,(H,24,26,27). The highest BCUT2D eigenvalue weighted by atomic mass is 19.3. The SMILES string of the molecule is O=C(CO)N1CC(Nc2cc(-n3c(C(F)F)nc4ccccc43)nc(N3CCOCC3)n2)C1. The lowest BCUT2D eigenvalue weighted by Gasteiger charge is -2.39. The summed E-state index contributed by atoms with van der Waals surface area (Å²) in [7, 11) is 0. The fourth-order valence-corrected chi connectivity index (χ4v) is 4.03. The Morgan fingerprint density at radius 3 is 2.67 bits per heavy atom. The van der Waals surface area contributed by atoms with Gasteiger partial charge >= 0.3 is 0 Å². The number of anilines is 2. The molecule has 0 atom stereocenters. The van der Waals surface area contributed by atoms with E-state index in [0.29, 0.717) is 62.2 Å². The third kappa shape index (κ3) is 4.18. The number of aliphatic hydroxyl groups excluding tert-OH is 1. The van der Waals surface area contributed by atoms with Crippen LogP contribution in [0.4, 0.5) is 20.5 Å². The monoisotopic (exact) mass is 459 g/mol. The zero-order chi connectivity index (χ0) is 22.9. The van der Waals surface area contributed by atoms with Crippen LogP contribution in [-0.2, 0) is 9.53 Å². The molecular formula is C21H23F2N7O3. The van der Waals surface area contributed by atoms with Gasteiger partial charge in [-0.2, -0.15) is 9.97 Å². The Labute approximate surface area is 187 Å². The van der Waals surface area contributed by atoms with Gasteiger partial charge in [0.15, 0.2) is 5.82 Å². The first-order chi connectivity index (χ1) is 16.0. The molecule has 2 N–H and O–H groups in total. The summed E-state index contributed by atoms with van der Waals surface area (Å²) >= 11 is 0. The molecule has 10 nitrogen and oxygen atoms in total. The van der Waals surface area contributed by atoms with Gasteiger partial charge in [-0.1, -0.05) is 12.1 Å². The van der Waals surface area contributed by atoms with E-state index in [0.717, 1.165) is 0 Å². The van der Waals surface area contributed by atoms with Crippen molar-refractivity contribution in [1.29, 1.82) is 0 Å². The molecule has 5 rings (SSSR count). The number of rotatable bonds is 6. The molecule has 12 heteroatoms. The van der Waals surface area contributed by atoms with Crippen molar-refractivity contribution in [3.8, 4) is 5.82 Å². The number of ether oxygens (including phenoxy) is 1. The second-order valence-electron chi connectivity index (χ2n) is 7.90. The van der Waals surface area contributed by atoms with Crippen LogP contribution in [0.3, 0.4) is 0 Å². The van der Waals surface area contributed by atoms with Crippen LogP contribution in [0, 0.1) is 0 Å². The maximum absolute atomic E-state index is 13.9. The number of hydrogen-bond donors (Lipinski definition) is 2. The predicted molar refractivity (Wildman–Crippen MR) is 116 cm³/mol. The Kier molecular flexibility index (Phi) is 5.77. The number of carbonyl (C=O) groups excluding carboxylic acids is 1. The Morgan fingerprint density at radius 2 is 1.94 bits per heavy atom. The first-order valence-electron chi connectivity index (χ1n) is 10.7. The fraction of sp³-hybridized carbons (Fsp3) is 0.429. The Bertz CT molecular complexity index is 1160. The average molecular weight is 459 g/mol. The summed E-state index contributed by atoms with van der Waals surface area (Å²) < 4.78 is 34.6. The molecule has 2 aliphatic rings. The maximum atomic E-state index is 13.9. The molecule has 0 saturated carbocycles. The molecule has 4 heterocycles. The molecule has 33 heavy (non-hydrogen) atoms. The summed E-state index contributed by atoms with van der Waals surface area (Å²) in [6.45, 7) is 2.51. The largest absolute Gasteiger partial charge is 0.387 e. The van der Waals surface area contributed by atoms with Crippen molar-refractivity contribution in [3.63, 3.8) is 0 Å². The summed E-state index contributed by atoms with van der Waals surface area (Å²) in [6.07, 6.45) is -2.79. The molecule has 2 aliphatic heterocycles. The van der Waals surface area contributed by atoms with Gasteiger partial charge in [-0.25, -0.2) is 13.8 Å². The van der Waals surface area contributed by atoms with E-state index < -0.39 is 18.9 Å². The second-order valence-corrected chi connectivity index (χ2v) is 7.90. The van der Waals surface area contributed by atoms with Crippen molar-refractivity contribution in [2.24, 2.45) is 0 Å². The first-order valence-corrected chi connectivity index (χ1v) is 10.7. The van der Waals surface area contributed by atoms with Gasteiger partial charge in [0.1, 0.15) is 18.2 Å². The summed E-state index contributed by atoms with van der Waals surface area (Å²) in [5, 5.41) is 12.3. The van der Waals surface area contributed by atoms with Gasteiger partial charge in [-0.15, -0.1) is 0 Å². The number of alkyl halides is 2. The van der Waals surface area contributed by atoms with E-state index in [1.165, 1.54) is 9.47 Å². The number of nitrogens with one attached hydrogen (secondary N) is 1. The fourth-order valence-electron chi connectivity index (χ4n) is 4.03. The zero-order valence-corrected chi connectivity index (χ0v) is 17.7. The minimum atomic E-state index is -2.79. The van der Waals surface area contributed by atoms with Gasteiger partial charge in [0.2, 0.25) is 11.9 Å². The van der Waals surface area contributed by atoms with Gasteiger partial charge in [0.25, 0.3) is 6.43 Å². The highest BCUT2D eigenvalue weighted by Gasteiger charge is 2.31. The quantitative estimate of drug-likeness (QED) is 0.566. The Morgan fingerprint density at radius 1 is 1.18 bits per heavy atom. The van der Waals surface area contributed by atoms with Crippen molar-refractivity contribution >= 4 is 28.7 Å². The number of fused-ring (bicyclic) bond motifs is 1. The van der Waals surface area contributed by atoms with Crippen LogP contribution in [0.1, 0.15) is 12.2 Å². The number of nitrogens with zero attached hydrogens (tertiary/aromatic N) is 6. The van der Waals surface area contributed by atoms with Crippen LogP contribution in [0.5, 0.6) is 0 Å². The highest BCUT2D eigenvalue weighted by molar-refractivity contribution is 5.79. The first kappa shape index (κ1) is 21.5. The van der Waals surface area contributed by atoms with E-state index in [1.807, 2.05) is 4.90 Å². The molecule has 2 aromatic heterocycles. The zero-order valence-electron chi connectivity index (χ0n) is 17.7. The third-order valence-corrected chi connectivity index (χ3v) is 5.73. The smallest absolute Gasteiger partial charge is 0.296 e. The molecule has 174 valence electrons. The van der Waals surface area contributed by atoms with Crippen molar-refractivity contribution in [2.45, 2.75) is 12.5 Å². The molecular weight excluding hydrogens is 436 g/mol. The van der Waals surface area contributed by atoms with Crippen molar-refractivity contribution in [2.75, 3.05) is 56.2 Å². The normalized spacial score (nSPS) is 17.0. The van der Waals surface area contributed by atoms with Gasteiger partial charge in [0, 0.05) is 32.2 Å². The summed E-state index contributed by atoms with van der Waals surface area (Å²) in [6, 6.07) is 8.46. The topological polar surface area (TPSA) is 109 Å². The van der Waals surface area contributed by atoms with Gasteiger partial charge in [0.05, 0.1) is 30.3 Å². The number of benzene rings is 1. The molecule has 3 aromatic rings. The molecule has 0 aliphatic carbocycles. The number of amides is 1. The van der Waals surface area contributed by atoms with Crippen molar-refractivity contribution in [1.82, 2.24) is 24.4 Å². The third-order valence-electron chi connectivity index (χ3n) is 5.73. The Hall–Kier alpha value is -3.38. The minimum Gasteiger partial charge on any atom is -0.387 e. The number of morpholine rings is 1. The number of carbonyl (C=O) groups is 1. The molecule has 0 spiro atoms. The van der Waals surface area contributed by atoms with Crippen LogP contribution in [-0.4, -0.2) is 87.5 Å². The van der Waals surface area contributed by atoms with Crippen LogP contribution in [0.15, 0.2) is 30.3 Å². The number of aliphatic hydroxyl groups is 1. The van der Waals surface area contributed by atoms with Crippen LogP contribution in [0.25, 0.3) is 16.9 Å². The predicted octanol–water partition coefficient (Wildman–Crippen LogP) is 1.20. The lowest BCUT2D eigenvalue weighted by Crippen LogP contribution is -2.57. The number of hydrogen-bond acceptors (Lipinski definition) is 8. The molecule has 2 fully saturated rings. The van der Waals surface area contributed by atoms with Crippen LogP contribution < -0.4 is 10.2 Å². The van der Waals surface area contributed by atoms with E-state index in [9.17, 15) is 13.6 Å². The highest BCUT2D eigenvalue weighted by Crippen LogP contribution is 2.29. The van der Waals surface area contributed by atoms with E-state index >= 15 is 0 Å². The summed E-state index contributed by atoms with van der Waals surface area (Å²) in [5.41, 5.74) is 0.972. The molecule has 1 aromatic carbocycles. The lowest BCUT2D eigenvalue weighted by atomic mass is 10.1. The summed E-state index contributed by atoms with van der Waals surface area (Å²) in [5.74, 6) is 0.411. The summed E-state index contributed by atoms with van der Waals surface area (Å²) in [4.78, 5) is 28.4. The number of likely N-dealkylation sites (tertiary alicyclic amines) is 1.